The maximum absolute atomic E-state index is 6.11. The van der Waals surface area contributed by atoms with Crippen molar-refractivity contribution in [1.82, 2.24) is 0 Å². The summed E-state index contributed by atoms with van der Waals surface area (Å²) in [4.78, 5) is 0. The number of hydrogen-bond donors (Lipinski definition) is 0. The molecular weight excluding hydrogens is 311 g/mol. The lowest BCUT2D eigenvalue weighted by Gasteiger charge is -2.40. The van der Waals surface area contributed by atoms with Crippen LogP contribution in [0.15, 0.2) is 24.3 Å². The Labute approximate surface area is 149 Å². The molecular formula is C22H33OP. The molecule has 1 saturated heterocycles. The Kier molecular flexibility index (Phi) is 5.91. The second kappa shape index (κ2) is 8.33. The minimum atomic E-state index is -0.00900. The lowest BCUT2D eigenvalue weighted by atomic mass is 9.99. The fraction of sp³-hybridized carbons (Fsp3) is 0.727. The Morgan fingerprint density at radius 1 is 0.708 bits per heavy atom. The molecule has 3 fully saturated rings. The van der Waals surface area contributed by atoms with E-state index in [1.807, 2.05) is 0 Å². The molecule has 4 rings (SSSR count). The van der Waals surface area contributed by atoms with Crippen molar-refractivity contribution in [2.24, 2.45) is 0 Å². The van der Waals surface area contributed by atoms with E-state index in [0.717, 1.165) is 17.9 Å². The van der Waals surface area contributed by atoms with Crippen LogP contribution in [0.5, 0.6) is 0 Å². The van der Waals surface area contributed by atoms with E-state index in [1.165, 1.54) is 77.0 Å². The van der Waals surface area contributed by atoms with Crippen LogP contribution >= 0.6 is 7.92 Å². The van der Waals surface area contributed by atoms with Gasteiger partial charge in [0, 0.05) is 6.61 Å². The molecule has 2 aliphatic carbocycles. The minimum absolute atomic E-state index is 0.00900. The van der Waals surface area contributed by atoms with Gasteiger partial charge in [-0.1, -0.05) is 70.7 Å². The predicted molar refractivity (Wildman–Crippen MR) is 105 cm³/mol. The van der Waals surface area contributed by atoms with Gasteiger partial charge in [-0.15, -0.1) is 0 Å². The van der Waals surface area contributed by atoms with Crippen molar-refractivity contribution in [3.05, 3.63) is 29.8 Å². The van der Waals surface area contributed by atoms with Crippen molar-refractivity contribution in [1.29, 1.82) is 0 Å². The van der Waals surface area contributed by atoms with Gasteiger partial charge >= 0.3 is 0 Å². The van der Waals surface area contributed by atoms with Crippen molar-refractivity contribution >= 4 is 13.2 Å². The molecule has 0 spiro atoms. The zero-order valence-electron chi connectivity index (χ0n) is 15.1. The Morgan fingerprint density at radius 2 is 1.33 bits per heavy atom. The third-order valence-corrected chi connectivity index (χ3v) is 10.00. The smallest absolute Gasteiger partial charge is 0.0831 e. The van der Waals surface area contributed by atoms with E-state index in [2.05, 4.69) is 24.3 Å². The van der Waals surface area contributed by atoms with E-state index in [0.29, 0.717) is 6.10 Å². The number of rotatable bonds is 4. The van der Waals surface area contributed by atoms with Gasteiger partial charge in [-0.3, -0.25) is 0 Å². The third kappa shape index (κ3) is 3.73. The maximum atomic E-state index is 6.11. The second-order valence-electron chi connectivity index (χ2n) is 8.05. The van der Waals surface area contributed by atoms with Crippen LogP contribution in [0.4, 0.5) is 0 Å². The summed E-state index contributed by atoms with van der Waals surface area (Å²) in [6.07, 6.45) is 17.6. The molecule has 2 saturated carbocycles. The van der Waals surface area contributed by atoms with Gasteiger partial charge in [-0.25, -0.2) is 0 Å². The van der Waals surface area contributed by atoms with Gasteiger partial charge in [0.05, 0.1) is 6.10 Å². The maximum Gasteiger partial charge on any atom is 0.0831 e. The van der Waals surface area contributed by atoms with Crippen LogP contribution in [0.3, 0.4) is 0 Å². The van der Waals surface area contributed by atoms with Crippen LogP contribution in [0.1, 0.15) is 88.7 Å². The molecule has 1 aliphatic heterocycles. The molecule has 2 heteroatoms. The molecule has 0 amide bonds. The minimum Gasteiger partial charge on any atom is -0.374 e. The van der Waals surface area contributed by atoms with Gasteiger partial charge in [0.1, 0.15) is 0 Å². The Bertz CT molecular complexity index is 492. The first-order chi connectivity index (χ1) is 11.9. The van der Waals surface area contributed by atoms with Crippen LogP contribution < -0.4 is 5.30 Å². The van der Waals surface area contributed by atoms with E-state index >= 15 is 0 Å². The molecule has 0 radical (unpaired) electrons. The molecule has 3 aliphatic rings. The SMILES string of the molecule is c1ccc(P(C2CCCCC2)C2CCCCC2)c(C2CCCO2)c1. The highest BCUT2D eigenvalue weighted by Crippen LogP contribution is 2.56. The Balaban J connectivity index is 1.66. The molecule has 0 N–H and O–H groups in total. The van der Waals surface area contributed by atoms with Gasteiger partial charge in [0.25, 0.3) is 0 Å². The summed E-state index contributed by atoms with van der Waals surface area (Å²) in [5.41, 5.74) is 3.54. The lowest BCUT2D eigenvalue weighted by molar-refractivity contribution is 0.112. The first-order valence-corrected chi connectivity index (χ1v) is 11.9. The molecule has 1 aromatic rings. The number of ether oxygens (including phenoxy) is 1. The summed E-state index contributed by atoms with van der Waals surface area (Å²) in [6.45, 7) is 0.962. The molecule has 1 heterocycles. The highest BCUT2D eigenvalue weighted by Gasteiger charge is 2.34. The Hall–Kier alpha value is -0.390. The van der Waals surface area contributed by atoms with Crippen LogP contribution in [0.2, 0.25) is 0 Å². The molecule has 0 bridgehead atoms. The largest absolute Gasteiger partial charge is 0.374 e. The fourth-order valence-corrected chi connectivity index (χ4v) is 9.23. The van der Waals surface area contributed by atoms with E-state index in [4.69, 9.17) is 4.74 Å². The molecule has 1 unspecified atom stereocenters. The number of benzene rings is 1. The topological polar surface area (TPSA) is 9.23 Å². The van der Waals surface area contributed by atoms with Crippen molar-refractivity contribution < 1.29 is 4.74 Å². The van der Waals surface area contributed by atoms with Crippen LogP contribution in [-0.4, -0.2) is 17.9 Å². The average molecular weight is 344 g/mol. The van der Waals surface area contributed by atoms with Crippen LogP contribution in [0, 0.1) is 0 Å². The summed E-state index contributed by atoms with van der Waals surface area (Å²) in [6, 6.07) is 9.43. The van der Waals surface area contributed by atoms with E-state index < -0.39 is 0 Å². The van der Waals surface area contributed by atoms with E-state index in [1.54, 1.807) is 10.9 Å². The van der Waals surface area contributed by atoms with E-state index in [-0.39, 0.29) is 7.92 Å². The quantitative estimate of drug-likeness (QED) is 0.582. The molecule has 1 nitrogen and oxygen atoms in total. The monoisotopic (exact) mass is 344 g/mol. The standard InChI is InChI=1S/C22H33OP/c1-3-10-18(11-4-1)24(19-12-5-2-6-13-19)22-16-8-7-14-20(22)21-15-9-17-23-21/h7-8,14,16,18-19,21H,1-6,9-13,15,17H2. The molecule has 0 aromatic heterocycles. The van der Waals surface area contributed by atoms with E-state index in [9.17, 15) is 0 Å². The first-order valence-electron chi connectivity index (χ1n) is 10.4. The number of hydrogen-bond acceptors (Lipinski definition) is 1. The average Bonchev–Trinajstić information content (AvgIpc) is 3.19. The molecule has 24 heavy (non-hydrogen) atoms. The van der Waals surface area contributed by atoms with Crippen LogP contribution in [0.25, 0.3) is 0 Å². The first kappa shape index (κ1) is 17.0. The van der Waals surface area contributed by atoms with Gasteiger partial charge in [0.2, 0.25) is 0 Å². The van der Waals surface area contributed by atoms with Crippen molar-refractivity contribution in [3.63, 3.8) is 0 Å². The van der Waals surface area contributed by atoms with Gasteiger partial charge < -0.3 is 4.74 Å². The summed E-state index contributed by atoms with van der Waals surface area (Å²) in [7, 11) is -0.00900. The van der Waals surface area contributed by atoms with Crippen molar-refractivity contribution in [2.45, 2.75) is 94.5 Å². The van der Waals surface area contributed by atoms with Crippen molar-refractivity contribution in [2.75, 3.05) is 6.61 Å². The lowest BCUT2D eigenvalue weighted by Crippen LogP contribution is -2.28. The second-order valence-corrected chi connectivity index (χ2v) is 10.8. The van der Waals surface area contributed by atoms with Gasteiger partial charge in [-0.2, -0.15) is 0 Å². The third-order valence-electron chi connectivity index (χ3n) is 6.43. The van der Waals surface area contributed by atoms with Gasteiger partial charge in [0.15, 0.2) is 0 Å². The van der Waals surface area contributed by atoms with Gasteiger partial charge in [-0.05, 0) is 60.7 Å². The summed E-state index contributed by atoms with van der Waals surface area (Å²) in [5.74, 6) is 0. The fourth-order valence-electron chi connectivity index (χ4n) is 5.23. The summed E-state index contributed by atoms with van der Waals surface area (Å²) < 4.78 is 6.11. The molecule has 1 atom stereocenters. The zero-order chi connectivity index (χ0) is 16.2. The molecule has 132 valence electrons. The highest BCUT2D eigenvalue weighted by atomic mass is 31.1. The van der Waals surface area contributed by atoms with Crippen molar-refractivity contribution in [3.8, 4) is 0 Å². The Morgan fingerprint density at radius 3 is 1.92 bits per heavy atom. The zero-order valence-corrected chi connectivity index (χ0v) is 16.0. The summed E-state index contributed by atoms with van der Waals surface area (Å²) >= 11 is 0. The summed E-state index contributed by atoms with van der Waals surface area (Å²) in [5, 5.41) is 1.73. The molecule has 1 aromatic carbocycles. The predicted octanol–water partition coefficient (Wildman–Crippen LogP) is 6.31. The highest BCUT2D eigenvalue weighted by molar-refractivity contribution is 7.67. The normalized spacial score (nSPS) is 27.0. The van der Waals surface area contributed by atoms with Crippen LogP contribution in [-0.2, 0) is 4.74 Å².